The Kier molecular flexibility index (Phi) is 12.3. The lowest BCUT2D eigenvalue weighted by atomic mass is 10.1. The molecule has 1 aliphatic heterocycles. The molecule has 0 saturated heterocycles. The van der Waals surface area contributed by atoms with Crippen LogP contribution in [-0.2, 0) is 9.59 Å². The SMILES string of the molecule is Cc1cccc(C)c1NC1=NCCCS1.O=C(O)C(F)(F)C(F)(F)C(F)(F)F.O=C(O)C(F)(F)C(F)(F)C(F)(F)F. The third kappa shape index (κ3) is 8.99. The number of rotatable bonds is 5. The normalized spacial score (nSPS) is 15.0. The topological polar surface area (TPSA) is 99.0 Å². The zero-order valence-electron chi connectivity index (χ0n) is 20.2. The molecule has 0 radical (unpaired) electrons. The molecule has 6 nitrogen and oxygen atoms in total. The van der Waals surface area contributed by atoms with Gasteiger partial charge in [0.2, 0.25) is 0 Å². The van der Waals surface area contributed by atoms with Gasteiger partial charge in [0.25, 0.3) is 0 Å². The molecule has 0 atom stereocenters. The largest absolute Gasteiger partial charge is 0.477 e. The summed E-state index contributed by atoms with van der Waals surface area (Å²) in [5.41, 5.74) is 3.78. The average Bonchev–Trinajstić information content (AvgIpc) is 2.81. The highest BCUT2D eigenvalue weighted by Crippen LogP contribution is 2.47. The summed E-state index contributed by atoms with van der Waals surface area (Å²) in [4.78, 5) is 23.2. The van der Waals surface area contributed by atoms with Gasteiger partial charge in [0.15, 0.2) is 5.17 Å². The van der Waals surface area contributed by atoms with Crippen LogP contribution in [0.25, 0.3) is 0 Å². The van der Waals surface area contributed by atoms with E-state index in [0.29, 0.717) is 0 Å². The van der Waals surface area contributed by atoms with E-state index in [4.69, 9.17) is 10.2 Å². The van der Waals surface area contributed by atoms with E-state index in [-0.39, 0.29) is 0 Å². The Balaban J connectivity index is 0.000000589. The fourth-order valence-corrected chi connectivity index (χ4v) is 3.10. The van der Waals surface area contributed by atoms with Crippen LogP contribution in [0.3, 0.4) is 0 Å². The van der Waals surface area contributed by atoms with E-state index in [0.717, 1.165) is 11.7 Å². The van der Waals surface area contributed by atoms with E-state index < -0.39 is 48.0 Å². The second-order valence-corrected chi connectivity index (χ2v) is 8.77. The molecule has 236 valence electrons. The van der Waals surface area contributed by atoms with E-state index in [1.807, 2.05) is 11.8 Å². The van der Waals surface area contributed by atoms with Crippen molar-refractivity contribution in [2.24, 2.45) is 4.99 Å². The standard InChI is InChI=1S/C12H16N2S.2C4HF7O2/c1-9-5-3-6-10(2)11(9)14-12-13-7-4-8-15-12;2*5-2(6,1(12)13)3(7,8)4(9,10)11/h3,5-6H,4,7-8H2,1-2H3,(H,13,14);2*(H,12,13). The van der Waals surface area contributed by atoms with Crippen molar-refractivity contribution in [1.29, 1.82) is 0 Å². The molecule has 2 rings (SSSR count). The molecule has 0 bridgehead atoms. The van der Waals surface area contributed by atoms with Crippen molar-refractivity contribution in [2.75, 3.05) is 17.6 Å². The van der Waals surface area contributed by atoms with Gasteiger partial charge in [-0.15, -0.1) is 0 Å². The van der Waals surface area contributed by atoms with Crippen LogP contribution in [0.15, 0.2) is 23.2 Å². The first-order valence-electron chi connectivity index (χ1n) is 10.3. The number of nitrogens with one attached hydrogen (secondary N) is 1. The van der Waals surface area contributed by atoms with E-state index >= 15 is 0 Å². The van der Waals surface area contributed by atoms with Gasteiger partial charge in [-0.3, -0.25) is 4.99 Å². The fourth-order valence-electron chi connectivity index (χ4n) is 2.28. The summed E-state index contributed by atoms with van der Waals surface area (Å²) in [6.07, 6.45) is -12.0. The maximum Gasteiger partial charge on any atom is 0.460 e. The maximum absolute atomic E-state index is 11.8. The molecule has 1 aromatic rings. The molecular weight excluding hydrogens is 630 g/mol. The number of halogens is 14. The van der Waals surface area contributed by atoms with Crippen LogP contribution in [0, 0.1) is 13.8 Å². The monoisotopic (exact) mass is 648 g/mol. The van der Waals surface area contributed by atoms with E-state index in [1.165, 1.54) is 29.0 Å². The molecule has 0 aromatic heterocycles. The number of alkyl halides is 14. The Hall–Kier alpha value is -3.00. The van der Waals surface area contributed by atoms with Crippen molar-refractivity contribution in [1.82, 2.24) is 0 Å². The first kappa shape index (κ1) is 38.0. The van der Waals surface area contributed by atoms with Crippen molar-refractivity contribution >= 4 is 34.6 Å². The molecule has 0 aliphatic carbocycles. The third-order valence-corrected chi connectivity index (χ3v) is 5.55. The molecule has 0 saturated carbocycles. The van der Waals surface area contributed by atoms with Crippen LogP contribution in [0.2, 0.25) is 0 Å². The summed E-state index contributed by atoms with van der Waals surface area (Å²) in [6, 6.07) is 6.35. The number of para-hydroxylation sites is 1. The van der Waals surface area contributed by atoms with Gasteiger partial charge in [-0.1, -0.05) is 30.0 Å². The number of thioether (sulfide) groups is 1. The number of carbonyl (C=O) groups is 2. The Morgan fingerprint density at radius 3 is 1.37 bits per heavy atom. The number of aryl methyl sites for hydroxylation is 2. The number of nitrogens with zero attached hydrogens (tertiary/aromatic N) is 1. The fraction of sp³-hybridized carbons (Fsp3) is 0.550. The highest BCUT2D eigenvalue weighted by atomic mass is 32.2. The molecule has 1 heterocycles. The smallest absolute Gasteiger partial charge is 0.460 e. The molecule has 0 fully saturated rings. The number of anilines is 1. The zero-order valence-corrected chi connectivity index (χ0v) is 21.0. The summed E-state index contributed by atoms with van der Waals surface area (Å²) < 4.78 is 161. The second kappa shape index (κ2) is 13.3. The van der Waals surface area contributed by atoms with Crippen LogP contribution >= 0.6 is 11.8 Å². The van der Waals surface area contributed by atoms with Gasteiger partial charge in [-0.2, -0.15) is 61.5 Å². The summed E-state index contributed by atoms with van der Waals surface area (Å²) in [5, 5.41) is 19.3. The predicted octanol–water partition coefficient (Wildman–Crippen LogP) is 7.02. The van der Waals surface area contributed by atoms with Gasteiger partial charge in [0.1, 0.15) is 0 Å². The van der Waals surface area contributed by atoms with Crippen molar-refractivity contribution < 1.29 is 81.3 Å². The Morgan fingerprint density at radius 1 is 0.756 bits per heavy atom. The van der Waals surface area contributed by atoms with Crippen LogP contribution in [-0.4, -0.2) is 75.7 Å². The summed E-state index contributed by atoms with van der Waals surface area (Å²) in [5.74, 6) is -31.4. The molecule has 3 N–H and O–H groups in total. The van der Waals surface area contributed by atoms with Gasteiger partial charge in [0, 0.05) is 18.0 Å². The minimum Gasteiger partial charge on any atom is -0.477 e. The summed E-state index contributed by atoms with van der Waals surface area (Å²) in [7, 11) is 0. The van der Waals surface area contributed by atoms with Gasteiger partial charge in [-0.25, -0.2) is 9.59 Å². The molecule has 21 heteroatoms. The van der Waals surface area contributed by atoms with Crippen LogP contribution in [0.4, 0.5) is 67.2 Å². The lowest BCUT2D eigenvalue weighted by Gasteiger charge is -2.24. The second-order valence-electron chi connectivity index (χ2n) is 7.68. The summed E-state index contributed by atoms with van der Waals surface area (Å²) in [6.45, 7) is 5.22. The first-order chi connectivity index (χ1) is 18.2. The third-order valence-electron chi connectivity index (χ3n) is 4.55. The molecule has 0 unspecified atom stereocenters. The van der Waals surface area contributed by atoms with Gasteiger partial charge >= 0.3 is 48.0 Å². The van der Waals surface area contributed by atoms with Crippen molar-refractivity contribution in [3.8, 4) is 0 Å². The van der Waals surface area contributed by atoms with Crippen molar-refractivity contribution in [3.63, 3.8) is 0 Å². The Labute approximate surface area is 224 Å². The predicted molar refractivity (Wildman–Crippen MR) is 116 cm³/mol. The quantitative estimate of drug-likeness (QED) is 0.297. The van der Waals surface area contributed by atoms with Crippen LogP contribution < -0.4 is 5.32 Å². The summed E-state index contributed by atoms with van der Waals surface area (Å²) >= 11 is 1.81. The molecule has 0 spiro atoms. The number of aliphatic imine (C=N–C) groups is 1. The number of aliphatic carboxylic acids is 2. The van der Waals surface area contributed by atoms with Gasteiger partial charge in [0.05, 0.1) is 0 Å². The highest BCUT2D eigenvalue weighted by Gasteiger charge is 2.77. The first-order valence-corrected chi connectivity index (χ1v) is 11.3. The molecule has 1 aromatic carbocycles. The highest BCUT2D eigenvalue weighted by molar-refractivity contribution is 8.14. The lowest BCUT2D eigenvalue weighted by molar-refractivity contribution is -0.347. The number of benzene rings is 1. The minimum atomic E-state index is -6.60. The average molecular weight is 648 g/mol. The molecule has 1 aliphatic rings. The molecule has 0 amide bonds. The Morgan fingerprint density at radius 2 is 1.12 bits per heavy atom. The number of hydrogen-bond donors (Lipinski definition) is 3. The van der Waals surface area contributed by atoms with E-state index in [1.54, 1.807) is 0 Å². The van der Waals surface area contributed by atoms with Gasteiger partial charge in [-0.05, 0) is 31.4 Å². The van der Waals surface area contributed by atoms with Gasteiger partial charge < -0.3 is 15.5 Å². The van der Waals surface area contributed by atoms with E-state index in [2.05, 4.69) is 42.4 Å². The number of carboxylic acid groups (broad SMARTS) is 2. The number of amidine groups is 1. The Bertz CT molecular complexity index is 1040. The molecular formula is C20H18F14N2O4S. The van der Waals surface area contributed by atoms with Crippen molar-refractivity contribution in [3.05, 3.63) is 29.3 Å². The number of carboxylic acids is 2. The molecule has 41 heavy (non-hydrogen) atoms. The van der Waals surface area contributed by atoms with Crippen molar-refractivity contribution in [2.45, 2.75) is 56.3 Å². The lowest BCUT2D eigenvalue weighted by Crippen LogP contribution is -2.56. The minimum absolute atomic E-state index is 0.959. The van der Waals surface area contributed by atoms with Crippen LogP contribution in [0.1, 0.15) is 17.5 Å². The van der Waals surface area contributed by atoms with Crippen LogP contribution in [0.5, 0.6) is 0 Å². The van der Waals surface area contributed by atoms with E-state index in [9.17, 15) is 71.1 Å². The zero-order chi connectivity index (χ0) is 32.8. The maximum atomic E-state index is 11.8. The number of hydrogen-bond acceptors (Lipinski definition) is 5.